The molecule has 6 nitrogen and oxygen atoms in total. The summed E-state index contributed by atoms with van der Waals surface area (Å²) in [5.41, 5.74) is 0.897. The molecule has 1 fully saturated rings. The molecule has 0 aromatic heterocycles. The van der Waals surface area contributed by atoms with Gasteiger partial charge in [0.05, 0.1) is 13.0 Å². The summed E-state index contributed by atoms with van der Waals surface area (Å²) in [6.45, 7) is 3.17. The molecule has 1 unspecified atom stereocenters. The Balaban J connectivity index is 1.96. The number of unbranched alkanes of at least 4 members (excludes halogenated alkanes) is 2. The highest BCUT2D eigenvalue weighted by molar-refractivity contribution is 5.97. The van der Waals surface area contributed by atoms with Crippen LogP contribution in [0.1, 0.15) is 38.2 Å². The third-order valence-corrected chi connectivity index (χ3v) is 4.20. The number of carbonyl (C=O) groups excluding carboxylic acids is 3. The van der Waals surface area contributed by atoms with E-state index in [0.29, 0.717) is 19.7 Å². The maximum absolute atomic E-state index is 12.5. The number of rotatable bonds is 8. The first-order chi connectivity index (χ1) is 12.6. The van der Waals surface area contributed by atoms with Crippen LogP contribution in [0.4, 0.5) is 0 Å². The predicted octanol–water partition coefficient (Wildman–Crippen LogP) is 2.15. The van der Waals surface area contributed by atoms with E-state index in [1.165, 1.54) is 11.0 Å². The standard InChI is InChI=1S/C20H26N2O4/c1-2-3-7-14-26-19(24)15-17-20(25)21-12-13-22(17)18(23)11-10-16-8-5-4-6-9-16/h4-6,8-11,17H,2-3,7,12-15H2,1H3,(H,21,25)/b11-10+. The van der Waals surface area contributed by atoms with E-state index in [1.54, 1.807) is 6.08 Å². The average molecular weight is 358 g/mol. The van der Waals surface area contributed by atoms with Crippen LogP contribution in [0.25, 0.3) is 6.08 Å². The number of benzene rings is 1. The van der Waals surface area contributed by atoms with E-state index in [0.717, 1.165) is 24.8 Å². The number of hydrogen-bond donors (Lipinski definition) is 1. The monoisotopic (exact) mass is 358 g/mol. The van der Waals surface area contributed by atoms with Crippen molar-refractivity contribution in [3.8, 4) is 0 Å². The summed E-state index contributed by atoms with van der Waals surface area (Å²) in [6.07, 6.45) is 5.86. The molecular formula is C20H26N2O4. The molecule has 2 rings (SSSR count). The average Bonchev–Trinajstić information content (AvgIpc) is 2.66. The highest BCUT2D eigenvalue weighted by Gasteiger charge is 2.34. The SMILES string of the molecule is CCCCCOC(=O)CC1C(=O)NCCN1C(=O)/C=C/c1ccccc1. The van der Waals surface area contributed by atoms with Crippen molar-refractivity contribution in [2.24, 2.45) is 0 Å². The minimum Gasteiger partial charge on any atom is -0.466 e. The highest BCUT2D eigenvalue weighted by atomic mass is 16.5. The van der Waals surface area contributed by atoms with Crippen LogP contribution in [0, 0.1) is 0 Å². The lowest BCUT2D eigenvalue weighted by Gasteiger charge is -2.33. The van der Waals surface area contributed by atoms with Gasteiger partial charge in [-0.2, -0.15) is 0 Å². The zero-order valence-corrected chi connectivity index (χ0v) is 15.1. The van der Waals surface area contributed by atoms with E-state index in [1.807, 2.05) is 30.3 Å². The fraction of sp³-hybridized carbons (Fsp3) is 0.450. The van der Waals surface area contributed by atoms with Crippen molar-refractivity contribution >= 4 is 23.9 Å². The highest BCUT2D eigenvalue weighted by Crippen LogP contribution is 2.12. The zero-order chi connectivity index (χ0) is 18.8. The third kappa shape index (κ3) is 6.02. The number of amides is 2. The first kappa shape index (κ1) is 19.7. The van der Waals surface area contributed by atoms with Gasteiger partial charge < -0.3 is 15.0 Å². The van der Waals surface area contributed by atoms with Gasteiger partial charge in [0.2, 0.25) is 11.8 Å². The Morgan fingerprint density at radius 3 is 2.77 bits per heavy atom. The molecule has 1 aliphatic rings. The van der Waals surface area contributed by atoms with E-state index in [2.05, 4.69) is 12.2 Å². The Morgan fingerprint density at radius 2 is 2.04 bits per heavy atom. The molecule has 1 aliphatic heterocycles. The van der Waals surface area contributed by atoms with Crippen molar-refractivity contribution in [1.82, 2.24) is 10.2 Å². The second-order valence-electron chi connectivity index (χ2n) is 6.21. The summed E-state index contributed by atoms with van der Waals surface area (Å²) in [4.78, 5) is 38.1. The molecule has 1 aromatic carbocycles. The maximum atomic E-state index is 12.5. The van der Waals surface area contributed by atoms with Gasteiger partial charge in [-0.25, -0.2) is 0 Å². The maximum Gasteiger partial charge on any atom is 0.308 e. The Bertz CT molecular complexity index is 642. The predicted molar refractivity (Wildman–Crippen MR) is 99.1 cm³/mol. The smallest absolute Gasteiger partial charge is 0.308 e. The fourth-order valence-corrected chi connectivity index (χ4v) is 2.76. The molecule has 6 heteroatoms. The van der Waals surface area contributed by atoms with E-state index >= 15 is 0 Å². The Hall–Kier alpha value is -2.63. The molecule has 1 atom stereocenters. The molecule has 1 heterocycles. The van der Waals surface area contributed by atoms with Crippen molar-refractivity contribution in [2.45, 2.75) is 38.6 Å². The van der Waals surface area contributed by atoms with Crippen LogP contribution in [0.5, 0.6) is 0 Å². The molecular weight excluding hydrogens is 332 g/mol. The van der Waals surface area contributed by atoms with Crippen LogP contribution in [0.15, 0.2) is 36.4 Å². The molecule has 0 spiro atoms. The Labute approximate surface area is 154 Å². The lowest BCUT2D eigenvalue weighted by Crippen LogP contribution is -2.57. The minimum atomic E-state index is -0.824. The molecule has 1 N–H and O–H groups in total. The molecule has 2 amide bonds. The van der Waals surface area contributed by atoms with Gasteiger partial charge in [0.15, 0.2) is 0 Å². The third-order valence-electron chi connectivity index (χ3n) is 4.20. The van der Waals surface area contributed by atoms with Gasteiger partial charge in [0.25, 0.3) is 0 Å². The Morgan fingerprint density at radius 1 is 1.27 bits per heavy atom. The Kier molecular flexibility index (Phi) is 7.86. The zero-order valence-electron chi connectivity index (χ0n) is 15.1. The minimum absolute atomic E-state index is 0.122. The first-order valence-corrected chi connectivity index (χ1v) is 9.09. The largest absolute Gasteiger partial charge is 0.466 e. The summed E-state index contributed by atoms with van der Waals surface area (Å²) in [5, 5.41) is 2.71. The number of carbonyl (C=O) groups is 3. The fourth-order valence-electron chi connectivity index (χ4n) is 2.76. The van der Waals surface area contributed by atoms with Crippen LogP contribution in [-0.4, -0.2) is 48.4 Å². The quantitative estimate of drug-likeness (QED) is 0.439. The van der Waals surface area contributed by atoms with E-state index < -0.39 is 12.0 Å². The van der Waals surface area contributed by atoms with Crippen molar-refractivity contribution in [3.63, 3.8) is 0 Å². The van der Waals surface area contributed by atoms with E-state index in [-0.39, 0.29) is 18.2 Å². The molecule has 1 saturated heterocycles. The van der Waals surface area contributed by atoms with Gasteiger partial charge in [0.1, 0.15) is 6.04 Å². The van der Waals surface area contributed by atoms with Crippen molar-refractivity contribution in [1.29, 1.82) is 0 Å². The number of piperazine rings is 1. The molecule has 0 radical (unpaired) electrons. The second kappa shape index (κ2) is 10.4. The number of esters is 1. The van der Waals surface area contributed by atoms with Crippen molar-refractivity contribution in [3.05, 3.63) is 42.0 Å². The molecule has 0 bridgehead atoms. The summed E-state index contributed by atoms with van der Waals surface area (Å²) >= 11 is 0. The lowest BCUT2D eigenvalue weighted by molar-refractivity contribution is -0.150. The van der Waals surface area contributed by atoms with Crippen LogP contribution < -0.4 is 5.32 Å². The normalized spacial score (nSPS) is 17.2. The van der Waals surface area contributed by atoms with Gasteiger partial charge in [-0.3, -0.25) is 14.4 Å². The van der Waals surface area contributed by atoms with Gasteiger partial charge in [-0.05, 0) is 18.1 Å². The summed E-state index contributed by atoms with van der Waals surface area (Å²) in [7, 11) is 0. The number of ether oxygens (including phenoxy) is 1. The van der Waals surface area contributed by atoms with Gasteiger partial charge in [0, 0.05) is 19.2 Å². The first-order valence-electron chi connectivity index (χ1n) is 9.09. The van der Waals surface area contributed by atoms with E-state index in [4.69, 9.17) is 4.74 Å². The lowest BCUT2D eigenvalue weighted by atomic mass is 10.1. The number of hydrogen-bond acceptors (Lipinski definition) is 4. The summed E-state index contributed by atoms with van der Waals surface area (Å²) in [6, 6.07) is 8.62. The van der Waals surface area contributed by atoms with Gasteiger partial charge >= 0.3 is 5.97 Å². The summed E-state index contributed by atoms with van der Waals surface area (Å²) < 4.78 is 5.18. The number of nitrogens with zero attached hydrogens (tertiary/aromatic N) is 1. The van der Waals surface area contributed by atoms with Crippen LogP contribution in [0.2, 0.25) is 0 Å². The van der Waals surface area contributed by atoms with E-state index in [9.17, 15) is 14.4 Å². The second-order valence-corrected chi connectivity index (χ2v) is 6.21. The van der Waals surface area contributed by atoms with Crippen LogP contribution >= 0.6 is 0 Å². The van der Waals surface area contributed by atoms with Crippen molar-refractivity contribution < 1.29 is 19.1 Å². The molecule has 0 saturated carbocycles. The molecule has 1 aromatic rings. The van der Waals surface area contributed by atoms with Gasteiger partial charge in [-0.1, -0.05) is 50.1 Å². The number of nitrogens with one attached hydrogen (secondary N) is 1. The molecule has 140 valence electrons. The topological polar surface area (TPSA) is 75.7 Å². The van der Waals surface area contributed by atoms with Crippen molar-refractivity contribution in [2.75, 3.05) is 19.7 Å². The van der Waals surface area contributed by atoms with Crippen LogP contribution in [0.3, 0.4) is 0 Å². The molecule has 26 heavy (non-hydrogen) atoms. The summed E-state index contributed by atoms with van der Waals surface area (Å²) in [5.74, 6) is -1.05. The van der Waals surface area contributed by atoms with Gasteiger partial charge in [-0.15, -0.1) is 0 Å². The van der Waals surface area contributed by atoms with Crippen LogP contribution in [-0.2, 0) is 19.1 Å². The molecule has 0 aliphatic carbocycles.